The molecule has 0 aromatic heterocycles. The van der Waals surface area contributed by atoms with Crippen LogP contribution in [0.1, 0.15) is 30.6 Å². The van der Waals surface area contributed by atoms with E-state index in [-0.39, 0.29) is 18.2 Å². The molecule has 6 heteroatoms. The first kappa shape index (κ1) is 15.0. The van der Waals surface area contributed by atoms with Crippen LogP contribution in [0.3, 0.4) is 0 Å². The molecule has 1 fully saturated rings. The van der Waals surface area contributed by atoms with Crippen molar-refractivity contribution in [2.24, 2.45) is 0 Å². The second-order valence-electron chi connectivity index (χ2n) is 4.68. The highest BCUT2D eigenvalue weighted by molar-refractivity contribution is 6.08. The molecule has 1 heterocycles. The van der Waals surface area contributed by atoms with Gasteiger partial charge in [0.25, 0.3) is 5.91 Å². The fourth-order valence-electron chi connectivity index (χ4n) is 2.32. The molecule has 0 bridgehead atoms. The number of likely N-dealkylation sites (N-methyl/N-ethyl adjacent to an activating group) is 1. The van der Waals surface area contributed by atoms with Gasteiger partial charge >= 0.3 is 0 Å². The van der Waals surface area contributed by atoms with E-state index < -0.39 is 11.9 Å². The SMILES string of the molecule is CCOc1ccc(C(=O)N(CC)[C@@H]2CC(=O)NC2=O)cc1. The number of carbonyl (C=O) groups is 3. The van der Waals surface area contributed by atoms with Crippen molar-refractivity contribution in [3.63, 3.8) is 0 Å². The molecular weight excluding hydrogens is 272 g/mol. The van der Waals surface area contributed by atoms with Crippen molar-refractivity contribution in [3.8, 4) is 5.75 Å². The van der Waals surface area contributed by atoms with E-state index in [0.717, 1.165) is 0 Å². The van der Waals surface area contributed by atoms with E-state index in [9.17, 15) is 14.4 Å². The van der Waals surface area contributed by atoms with Crippen molar-refractivity contribution in [1.29, 1.82) is 0 Å². The minimum Gasteiger partial charge on any atom is -0.494 e. The van der Waals surface area contributed by atoms with E-state index >= 15 is 0 Å². The minimum absolute atomic E-state index is 0.0233. The van der Waals surface area contributed by atoms with Crippen LogP contribution in [0.4, 0.5) is 0 Å². The molecule has 0 aliphatic carbocycles. The number of hydrogen-bond acceptors (Lipinski definition) is 4. The number of benzene rings is 1. The van der Waals surface area contributed by atoms with Gasteiger partial charge in [0.15, 0.2) is 0 Å². The van der Waals surface area contributed by atoms with Gasteiger partial charge < -0.3 is 9.64 Å². The molecule has 1 aromatic rings. The van der Waals surface area contributed by atoms with Crippen molar-refractivity contribution < 1.29 is 19.1 Å². The van der Waals surface area contributed by atoms with Gasteiger partial charge in [0.1, 0.15) is 11.8 Å². The molecule has 0 saturated carbocycles. The van der Waals surface area contributed by atoms with Crippen LogP contribution in [-0.4, -0.2) is 41.8 Å². The van der Waals surface area contributed by atoms with Gasteiger partial charge in [0, 0.05) is 12.1 Å². The average molecular weight is 290 g/mol. The van der Waals surface area contributed by atoms with Crippen LogP contribution in [0.5, 0.6) is 5.75 Å². The van der Waals surface area contributed by atoms with Gasteiger partial charge in [-0.1, -0.05) is 0 Å². The monoisotopic (exact) mass is 290 g/mol. The van der Waals surface area contributed by atoms with Crippen molar-refractivity contribution in [2.45, 2.75) is 26.3 Å². The molecule has 3 amide bonds. The third-order valence-corrected chi connectivity index (χ3v) is 3.33. The molecule has 0 unspecified atom stereocenters. The molecule has 6 nitrogen and oxygen atoms in total. The third-order valence-electron chi connectivity index (χ3n) is 3.33. The standard InChI is InChI=1S/C15H18N2O4/c1-3-17(12-9-13(18)16-14(12)19)15(20)10-5-7-11(8-6-10)21-4-2/h5-8,12H,3-4,9H2,1-2H3,(H,16,18,19)/t12-/m1/s1. The highest BCUT2D eigenvalue weighted by atomic mass is 16.5. The zero-order valence-electron chi connectivity index (χ0n) is 12.1. The number of hydrogen-bond donors (Lipinski definition) is 1. The Kier molecular flexibility index (Phi) is 4.57. The summed E-state index contributed by atoms with van der Waals surface area (Å²) in [7, 11) is 0. The van der Waals surface area contributed by atoms with Gasteiger partial charge in [-0.25, -0.2) is 0 Å². The number of imide groups is 1. The third kappa shape index (κ3) is 3.21. The summed E-state index contributed by atoms with van der Waals surface area (Å²) in [6, 6.07) is 6.02. The topological polar surface area (TPSA) is 75.7 Å². The predicted octanol–water partition coefficient (Wildman–Crippen LogP) is 0.962. The quantitative estimate of drug-likeness (QED) is 0.820. The van der Waals surface area contributed by atoms with Crippen LogP contribution < -0.4 is 10.1 Å². The van der Waals surface area contributed by atoms with E-state index in [1.807, 2.05) is 6.92 Å². The number of rotatable bonds is 5. The Morgan fingerprint density at radius 1 is 1.29 bits per heavy atom. The molecule has 0 radical (unpaired) electrons. The predicted molar refractivity (Wildman–Crippen MR) is 75.9 cm³/mol. The Bertz CT molecular complexity index is 553. The smallest absolute Gasteiger partial charge is 0.254 e. The van der Waals surface area contributed by atoms with Gasteiger partial charge in [-0.05, 0) is 38.1 Å². The summed E-state index contributed by atoms with van der Waals surface area (Å²) in [6.45, 7) is 4.58. The van der Waals surface area contributed by atoms with Crippen molar-refractivity contribution in [2.75, 3.05) is 13.2 Å². The van der Waals surface area contributed by atoms with Crippen LogP contribution in [0.25, 0.3) is 0 Å². The zero-order chi connectivity index (χ0) is 15.4. The lowest BCUT2D eigenvalue weighted by Crippen LogP contribution is -2.44. The van der Waals surface area contributed by atoms with E-state index in [1.165, 1.54) is 4.90 Å². The summed E-state index contributed by atoms with van der Waals surface area (Å²) in [5, 5.41) is 2.22. The first-order valence-electron chi connectivity index (χ1n) is 6.94. The van der Waals surface area contributed by atoms with E-state index in [2.05, 4.69) is 5.32 Å². The molecule has 2 rings (SSSR count). The van der Waals surface area contributed by atoms with E-state index in [4.69, 9.17) is 4.74 Å². The summed E-state index contributed by atoms with van der Waals surface area (Å²) < 4.78 is 5.32. The van der Waals surface area contributed by atoms with Crippen molar-refractivity contribution in [3.05, 3.63) is 29.8 Å². The molecule has 21 heavy (non-hydrogen) atoms. The van der Waals surface area contributed by atoms with Crippen LogP contribution in [0, 0.1) is 0 Å². The molecule has 1 aromatic carbocycles. The number of amides is 3. The molecule has 1 aliphatic heterocycles. The number of ether oxygens (including phenoxy) is 1. The lowest BCUT2D eigenvalue weighted by molar-refractivity contribution is -0.126. The van der Waals surface area contributed by atoms with Gasteiger partial charge in [-0.3, -0.25) is 19.7 Å². The highest BCUT2D eigenvalue weighted by Gasteiger charge is 2.37. The minimum atomic E-state index is -0.721. The second kappa shape index (κ2) is 6.39. The lowest BCUT2D eigenvalue weighted by atomic mass is 10.1. The average Bonchev–Trinajstić information content (AvgIpc) is 2.80. The summed E-state index contributed by atoms with van der Waals surface area (Å²) in [6.07, 6.45) is 0.0233. The van der Waals surface area contributed by atoms with E-state index in [1.54, 1.807) is 31.2 Å². The van der Waals surface area contributed by atoms with E-state index in [0.29, 0.717) is 24.5 Å². The van der Waals surface area contributed by atoms with Crippen LogP contribution in [0.2, 0.25) is 0 Å². The summed E-state index contributed by atoms with van der Waals surface area (Å²) in [4.78, 5) is 36.9. The zero-order valence-corrected chi connectivity index (χ0v) is 12.1. The van der Waals surface area contributed by atoms with Crippen molar-refractivity contribution in [1.82, 2.24) is 10.2 Å². The fourth-order valence-corrected chi connectivity index (χ4v) is 2.32. The molecule has 1 N–H and O–H groups in total. The largest absolute Gasteiger partial charge is 0.494 e. The van der Waals surface area contributed by atoms with Crippen LogP contribution >= 0.6 is 0 Å². The maximum Gasteiger partial charge on any atom is 0.254 e. The van der Waals surface area contributed by atoms with Gasteiger partial charge in [-0.15, -0.1) is 0 Å². The normalized spacial score (nSPS) is 17.5. The Morgan fingerprint density at radius 2 is 1.95 bits per heavy atom. The molecule has 1 aliphatic rings. The lowest BCUT2D eigenvalue weighted by Gasteiger charge is -2.25. The summed E-state index contributed by atoms with van der Waals surface area (Å²) in [5.74, 6) is -0.342. The molecule has 1 atom stereocenters. The number of nitrogens with one attached hydrogen (secondary N) is 1. The first-order valence-corrected chi connectivity index (χ1v) is 6.94. The Morgan fingerprint density at radius 3 is 2.43 bits per heavy atom. The van der Waals surface area contributed by atoms with Crippen molar-refractivity contribution >= 4 is 17.7 Å². The summed E-state index contributed by atoms with van der Waals surface area (Å²) in [5.41, 5.74) is 0.465. The maximum atomic E-state index is 12.5. The first-order chi connectivity index (χ1) is 10.1. The van der Waals surface area contributed by atoms with Crippen LogP contribution in [0.15, 0.2) is 24.3 Å². The fraction of sp³-hybridized carbons (Fsp3) is 0.400. The highest BCUT2D eigenvalue weighted by Crippen LogP contribution is 2.17. The van der Waals surface area contributed by atoms with Crippen LogP contribution in [-0.2, 0) is 9.59 Å². The Balaban J connectivity index is 2.16. The maximum absolute atomic E-state index is 12.5. The Hall–Kier alpha value is -2.37. The van der Waals surface area contributed by atoms with Gasteiger partial charge in [0.2, 0.25) is 11.8 Å². The molecular formula is C15H18N2O4. The second-order valence-corrected chi connectivity index (χ2v) is 4.68. The molecule has 1 saturated heterocycles. The van der Waals surface area contributed by atoms with Gasteiger partial charge in [-0.2, -0.15) is 0 Å². The van der Waals surface area contributed by atoms with Gasteiger partial charge in [0.05, 0.1) is 13.0 Å². The summed E-state index contributed by atoms with van der Waals surface area (Å²) >= 11 is 0. The Labute approximate surface area is 123 Å². The molecule has 112 valence electrons. The number of carbonyl (C=O) groups excluding carboxylic acids is 3. The number of nitrogens with zero attached hydrogens (tertiary/aromatic N) is 1. The molecule has 0 spiro atoms.